The molecule has 1 atom stereocenters. The maximum Gasteiger partial charge on any atom is 0.338 e. The summed E-state index contributed by atoms with van der Waals surface area (Å²) in [5.41, 5.74) is 2.05. The molecule has 36 heavy (non-hydrogen) atoms. The molecule has 4 rings (SSSR count). The summed E-state index contributed by atoms with van der Waals surface area (Å²) in [7, 11) is 3.06. The molecule has 2 aliphatic heterocycles. The van der Waals surface area contributed by atoms with Crippen molar-refractivity contribution in [1.82, 2.24) is 15.5 Å². The molecule has 2 heterocycles. The summed E-state index contributed by atoms with van der Waals surface area (Å²) in [6.45, 7) is 4.79. The van der Waals surface area contributed by atoms with Crippen molar-refractivity contribution in [2.24, 2.45) is 0 Å². The summed E-state index contributed by atoms with van der Waals surface area (Å²) < 4.78 is 30.3. The zero-order valence-corrected chi connectivity index (χ0v) is 20.7. The molecule has 0 aliphatic carbocycles. The van der Waals surface area contributed by atoms with Crippen LogP contribution in [-0.4, -0.2) is 70.5 Å². The minimum Gasteiger partial charge on any atom is -0.493 e. The van der Waals surface area contributed by atoms with Crippen LogP contribution in [0.4, 0.5) is 14.9 Å². The SMILES string of the molecule is CCOC(=O)C1=C(CN2CCN(c3ccccc3F)CC2)NC(=O)N[C@@H]1c1ccc(OC)c(OC)c1. The Balaban J connectivity index is 1.60. The van der Waals surface area contributed by atoms with Gasteiger partial charge in [0.2, 0.25) is 0 Å². The van der Waals surface area contributed by atoms with Gasteiger partial charge in [-0.15, -0.1) is 0 Å². The molecular weight excluding hydrogens is 467 g/mol. The van der Waals surface area contributed by atoms with Gasteiger partial charge in [0.1, 0.15) is 5.82 Å². The number of hydrogen-bond donors (Lipinski definition) is 2. The van der Waals surface area contributed by atoms with Gasteiger partial charge in [0.25, 0.3) is 0 Å². The molecule has 0 aromatic heterocycles. The molecular formula is C26H31FN4O5. The van der Waals surface area contributed by atoms with Crippen molar-refractivity contribution in [1.29, 1.82) is 0 Å². The van der Waals surface area contributed by atoms with E-state index in [1.54, 1.807) is 37.3 Å². The second kappa shape index (κ2) is 11.3. The zero-order chi connectivity index (χ0) is 25.7. The fourth-order valence-electron chi connectivity index (χ4n) is 4.55. The number of carbonyl (C=O) groups is 2. The molecule has 0 radical (unpaired) electrons. The minimum atomic E-state index is -0.729. The summed E-state index contributed by atoms with van der Waals surface area (Å²) >= 11 is 0. The molecule has 1 saturated heterocycles. The third kappa shape index (κ3) is 5.38. The zero-order valence-electron chi connectivity index (χ0n) is 20.7. The number of benzene rings is 2. The number of nitrogens with zero attached hydrogens (tertiary/aromatic N) is 2. The van der Waals surface area contributed by atoms with Crippen molar-refractivity contribution in [2.75, 3.05) is 58.5 Å². The molecule has 2 aromatic carbocycles. The van der Waals surface area contributed by atoms with Crippen LogP contribution in [0.15, 0.2) is 53.7 Å². The highest BCUT2D eigenvalue weighted by Crippen LogP contribution is 2.34. The Kier molecular flexibility index (Phi) is 7.94. The van der Waals surface area contributed by atoms with Crippen LogP contribution >= 0.6 is 0 Å². The highest BCUT2D eigenvalue weighted by molar-refractivity contribution is 5.95. The van der Waals surface area contributed by atoms with Crippen LogP contribution in [0.5, 0.6) is 11.5 Å². The highest BCUT2D eigenvalue weighted by atomic mass is 19.1. The first-order valence-corrected chi connectivity index (χ1v) is 11.9. The molecule has 2 amide bonds. The molecule has 192 valence electrons. The van der Waals surface area contributed by atoms with Gasteiger partial charge < -0.3 is 29.7 Å². The van der Waals surface area contributed by atoms with E-state index >= 15 is 0 Å². The Morgan fingerprint density at radius 3 is 2.44 bits per heavy atom. The first kappa shape index (κ1) is 25.3. The molecule has 2 aromatic rings. The Hall–Kier alpha value is -3.79. The number of hydrogen-bond acceptors (Lipinski definition) is 7. The van der Waals surface area contributed by atoms with Gasteiger partial charge in [0.05, 0.1) is 38.1 Å². The van der Waals surface area contributed by atoms with Gasteiger partial charge in [-0.1, -0.05) is 18.2 Å². The van der Waals surface area contributed by atoms with Crippen LogP contribution in [0.3, 0.4) is 0 Å². The predicted octanol–water partition coefficient (Wildman–Crippen LogP) is 2.84. The average Bonchev–Trinajstić information content (AvgIpc) is 2.89. The summed E-state index contributed by atoms with van der Waals surface area (Å²) in [6.07, 6.45) is 0. The Labute approximate surface area is 209 Å². The largest absolute Gasteiger partial charge is 0.493 e. The molecule has 0 unspecified atom stereocenters. The second-order valence-electron chi connectivity index (χ2n) is 8.47. The molecule has 0 saturated carbocycles. The maximum absolute atomic E-state index is 14.2. The van der Waals surface area contributed by atoms with Crippen molar-refractivity contribution < 1.29 is 28.2 Å². The molecule has 0 spiro atoms. The quantitative estimate of drug-likeness (QED) is 0.541. The molecule has 10 heteroatoms. The fourth-order valence-corrected chi connectivity index (χ4v) is 4.55. The van der Waals surface area contributed by atoms with Crippen LogP contribution in [-0.2, 0) is 9.53 Å². The molecule has 2 aliphatic rings. The third-order valence-electron chi connectivity index (χ3n) is 6.34. The standard InChI is InChI=1S/C26H31FN4O5/c1-4-36-25(32)23-19(16-30-11-13-31(14-12-30)20-8-6-5-7-18(20)27)28-26(33)29-24(23)17-9-10-21(34-2)22(15-17)35-3/h5-10,15,24H,4,11-14,16H2,1-3H3,(H2,28,29,33)/t24-/m1/s1. The lowest BCUT2D eigenvalue weighted by molar-refractivity contribution is -0.139. The first-order chi connectivity index (χ1) is 17.4. The van der Waals surface area contributed by atoms with E-state index in [0.717, 1.165) is 0 Å². The molecule has 9 nitrogen and oxygen atoms in total. The van der Waals surface area contributed by atoms with Crippen molar-refractivity contribution in [2.45, 2.75) is 13.0 Å². The van der Waals surface area contributed by atoms with E-state index in [1.165, 1.54) is 20.3 Å². The van der Waals surface area contributed by atoms with E-state index in [1.807, 2.05) is 11.0 Å². The number of anilines is 1. The number of esters is 1. The van der Waals surface area contributed by atoms with E-state index in [4.69, 9.17) is 14.2 Å². The number of halogens is 1. The lowest BCUT2D eigenvalue weighted by Gasteiger charge is -2.38. The van der Waals surface area contributed by atoms with Crippen LogP contribution in [0.1, 0.15) is 18.5 Å². The Bertz CT molecular complexity index is 1150. The summed E-state index contributed by atoms with van der Waals surface area (Å²) in [6, 6.07) is 10.8. The van der Waals surface area contributed by atoms with Crippen molar-refractivity contribution in [3.8, 4) is 11.5 Å². The van der Waals surface area contributed by atoms with E-state index < -0.39 is 18.0 Å². The van der Waals surface area contributed by atoms with Crippen LogP contribution in [0, 0.1) is 5.82 Å². The maximum atomic E-state index is 14.2. The summed E-state index contributed by atoms with van der Waals surface area (Å²) in [5, 5.41) is 5.65. The number of piperazine rings is 1. The first-order valence-electron chi connectivity index (χ1n) is 11.9. The fraction of sp³-hybridized carbons (Fsp3) is 0.385. The number of carbonyl (C=O) groups excluding carboxylic acids is 2. The number of amides is 2. The van der Waals surface area contributed by atoms with Gasteiger partial charge in [-0.3, -0.25) is 4.90 Å². The van der Waals surface area contributed by atoms with Crippen molar-refractivity contribution in [3.05, 3.63) is 65.1 Å². The van der Waals surface area contributed by atoms with Gasteiger partial charge in [0.15, 0.2) is 11.5 Å². The average molecular weight is 499 g/mol. The number of ether oxygens (including phenoxy) is 3. The normalized spacial score (nSPS) is 18.4. The van der Waals surface area contributed by atoms with Gasteiger partial charge in [-0.25, -0.2) is 14.0 Å². The van der Waals surface area contributed by atoms with E-state index in [0.29, 0.717) is 66.7 Å². The van der Waals surface area contributed by atoms with Crippen molar-refractivity contribution in [3.63, 3.8) is 0 Å². The van der Waals surface area contributed by atoms with E-state index in [2.05, 4.69) is 15.5 Å². The van der Waals surface area contributed by atoms with E-state index in [-0.39, 0.29) is 12.4 Å². The highest BCUT2D eigenvalue weighted by Gasteiger charge is 2.35. The Morgan fingerprint density at radius 2 is 1.78 bits per heavy atom. The number of rotatable bonds is 8. The second-order valence-corrected chi connectivity index (χ2v) is 8.47. The number of methoxy groups -OCH3 is 2. The monoisotopic (exact) mass is 498 g/mol. The van der Waals surface area contributed by atoms with Crippen molar-refractivity contribution >= 4 is 17.7 Å². The van der Waals surface area contributed by atoms with E-state index in [9.17, 15) is 14.0 Å². The summed E-state index contributed by atoms with van der Waals surface area (Å²) in [4.78, 5) is 29.9. The lowest BCUT2D eigenvalue weighted by atomic mass is 9.94. The Morgan fingerprint density at radius 1 is 1.06 bits per heavy atom. The minimum absolute atomic E-state index is 0.198. The third-order valence-corrected chi connectivity index (χ3v) is 6.34. The molecule has 0 bridgehead atoms. The number of urea groups is 1. The van der Waals surface area contributed by atoms with Crippen LogP contribution in [0.2, 0.25) is 0 Å². The van der Waals surface area contributed by atoms with Gasteiger partial charge in [-0.2, -0.15) is 0 Å². The smallest absolute Gasteiger partial charge is 0.338 e. The van der Waals surface area contributed by atoms with Gasteiger partial charge in [0, 0.05) is 38.4 Å². The molecule has 1 fully saturated rings. The predicted molar refractivity (Wildman–Crippen MR) is 133 cm³/mol. The lowest BCUT2D eigenvalue weighted by Crippen LogP contribution is -2.52. The van der Waals surface area contributed by atoms with Crippen LogP contribution < -0.4 is 25.0 Å². The number of nitrogens with one attached hydrogen (secondary N) is 2. The van der Waals surface area contributed by atoms with Crippen LogP contribution in [0.25, 0.3) is 0 Å². The summed E-state index contributed by atoms with van der Waals surface area (Å²) in [5.74, 6) is 0.263. The van der Waals surface area contributed by atoms with Gasteiger partial charge in [-0.05, 0) is 36.8 Å². The topological polar surface area (TPSA) is 92.4 Å². The van der Waals surface area contributed by atoms with Gasteiger partial charge >= 0.3 is 12.0 Å². The number of para-hydroxylation sites is 1. The molecule has 2 N–H and O–H groups in total.